The van der Waals surface area contributed by atoms with E-state index in [2.05, 4.69) is 59.0 Å². The SMILES string of the molecule is Cc1ccc(Br)cc1NCCCS. The monoisotopic (exact) mass is 259 g/mol. The summed E-state index contributed by atoms with van der Waals surface area (Å²) in [6, 6.07) is 6.26. The molecule has 0 aromatic heterocycles. The first-order chi connectivity index (χ1) is 6.24. The van der Waals surface area contributed by atoms with Gasteiger partial charge in [0.25, 0.3) is 0 Å². The summed E-state index contributed by atoms with van der Waals surface area (Å²) in [7, 11) is 0. The standard InChI is InChI=1S/C10H14BrNS/c1-8-3-4-9(11)7-10(8)12-5-2-6-13/h3-4,7,12-13H,2,5-6H2,1H3. The Kier molecular flexibility index (Phi) is 4.67. The molecule has 1 N–H and O–H groups in total. The highest BCUT2D eigenvalue weighted by molar-refractivity contribution is 9.10. The number of hydrogen-bond donors (Lipinski definition) is 2. The summed E-state index contributed by atoms with van der Waals surface area (Å²) >= 11 is 7.61. The third-order valence-corrected chi connectivity index (χ3v) is 2.66. The van der Waals surface area contributed by atoms with Crippen molar-refractivity contribution in [2.24, 2.45) is 0 Å². The number of thiol groups is 1. The van der Waals surface area contributed by atoms with Crippen molar-refractivity contribution in [2.45, 2.75) is 13.3 Å². The Labute approximate surface area is 93.5 Å². The summed E-state index contributed by atoms with van der Waals surface area (Å²) in [6.45, 7) is 3.09. The zero-order chi connectivity index (χ0) is 9.68. The molecule has 0 heterocycles. The Bertz CT molecular complexity index is 276. The summed E-state index contributed by atoms with van der Waals surface area (Å²) in [5.41, 5.74) is 2.48. The van der Waals surface area contributed by atoms with Crippen molar-refractivity contribution in [3.8, 4) is 0 Å². The molecule has 0 saturated carbocycles. The third kappa shape index (κ3) is 3.61. The van der Waals surface area contributed by atoms with Crippen LogP contribution in [0.1, 0.15) is 12.0 Å². The van der Waals surface area contributed by atoms with Crippen LogP contribution in [0.15, 0.2) is 22.7 Å². The van der Waals surface area contributed by atoms with Crippen molar-refractivity contribution in [1.82, 2.24) is 0 Å². The summed E-state index contributed by atoms with van der Waals surface area (Å²) in [5.74, 6) is 0.931. The molecule has 0 radical (unpaired) electrons. The molecule has 1 aromatic rings. The van der Waals surface area contributed by atoms with Crippen molar-refractivity contribution < 1.29 is 0 Å². The van der Waals surface area contributed by atoms with Crippen LogP contribution >= 0.6 is 28.6 Å². The summed E-state index contributed by atoms with van der Waals surface area (Å²) in [6.07, 6.45) is 1.09. The quantitative estimate of drug-likeness (QED) is 0.623. The van der Waals surface area contributed by atoms with Crippen LogP contribution < -0.4 is 5.32 Å². The van der Waals surface area contributed by atoms with Crippen molar-refractivity contribution in [3.63, 3.8) is 0 Å². The van der Waals surface area contributed by atoms with E-state index in [9.17, 15) is 0 Å². The normalized spacial score (nSPS) is 10.1. The number of halogens is 1. The van der Waals surface area contributed by atoms with Gasteiger partial charge < -0.3 is 5.32 Å². The van der Waals surface area contributed by atoms with Crippen LogP contribution in [0.5, 0.6) is 0 Å². The number of hydrogen-bond acceptors (Lipinski definition) is 2. The molecule has 0 aliphatic carbocycles. The minimum absolute atomic E-state index is 0.931. The van der Waals surface area contributed by atoms with E-state index < -0.39 is 0 Å². The van der Waals surface area contributed by atoms with E-state index in [1.807, 2.05) is 0 Å². The Hall–Kier alpha value is -0.150. The van der Waals surface area contributed by atoms with Crippen molar-refractivity contribution >= 4 is 34.2 Å². The minimum atomic E-state index is 0.931. The van der Waals surface area contributed by atoms with Gasteiger partial charge in [-0.2, -0.15) is 12.6 Å². The molecular formula is C10H14BrNS. The van der Waals surface area contributed by atoms with Crippen LogP contribution in [-0.2, 0) is 0 Å². The van der Waals surface area contributed by atoms with E-state index in [-0.39, 0.29) is 0 Å². The predicted octanol–water partition coefficient (Wildman–Crippen LogP) is 3.49. The Morgan fingerprint density at radius 2 is 2.23 bits per heavy atom. The first-order valence-corrected chi connectivity index (χ1v) is 5.77. The Morgan fingerprint density at radius 3 is 2.92 bits per heavy atom. The minimum Gasteiger partial charge on any atom is -0.385 e. The molecule has 0 fully saturated rings. The third-order valence-electron chi connectivity index (χ3n) is 1.85. The molecule has 13 heavy (non-hydrogen) atoms. The molecule has 0 aliphatic heterocycles. The van der Waals surface area contributed by atoms with Crippen LogP contribution in [0.2, 0.25) is 0 Å². The lowest BCUT2D eigenvalue weighted by Crippen LogP contribution is -2.03. The number of nitrogens with one attached hydrogen (secondary N) is 1. The lowest BCUT2D eigenvalue weighted by Gasteiger charge is -2.08. The van der Waals surface area contributed by atoms with Gasteiger partial charge in [0, 0.05) is 16.7 Å². The van der Waals surface area contributed by atoms with Gasteiger partial charge in [-0.25, -0.2) is 0 Å². The molecule has 72 valence electrons. The fraction of sp³-hybridized carbons (Fsp3) is 0.400. The van der Waals surface area contributed by atoms with Crippen LogP contribution in [0.4, 0.5) is 5.69 Å². The number of anilines is 1. The molecule has 0 bridgehead atoms. The van der Waals surface area contributed by atoms with E-state index in [4.69, 9.17) is 0 Å². The lowest BCUT2D eigenvalue weighted by molar-refractivity contribution is 0.993. The van der Waals surface area contributed by atoms with Crippen LogP contribution in [-0.4, -0.2) is 12.3 Å². The van der Waals surface area contributed by atoms with Gasteiger partial charge in [0.2, 0.25) is 0 Å². The van der Waals surface area contributed by atoms with Gasteiger partial charge in [0.05, 0.1) is 0 Å². The topological polar surface area (TPSA) is 12.0 Å². The van der Waals surface area contributed by atoms with Gasteiger partial charge in [-0.15, -0.1) is 0 Å². The van der Waals surface area contributed by atoms with Crippen molar-refractivity contribution in [1.29, 1.82) is 0 Å². The molecule has 1 rings (SSSR count). The van der Waals surface area contributed by atoms with Gasteiger partial charge >= 0.3 is 0 Å². The fourth-order valence-electron chi connectivity index (χ4n) is 1.09. The molecule has 0 spiro atoms. The second-order valence-corrected chi connectivity index (χ2v) is 4.33. The summed E-state index contributed by atoms with van der Waals surface area (Å²) in [5, 5.41) is 3.38. The summed E-state index contributed by atoms with van der Waals surface area (Å²) < 4.78 is 1.12. The van der Waals surface area contributed by atoms with Crippen molar-refractivity contribution in [3.05, 3.63) is 28.2 Å². The van der Waals surface area contributed by atoms with E-state index in [0.29, 0.717) is 0 Å². The highest BCUT2D eigenvalue weighted by atomic mass is 79.9. The molecule has 0 aliphatic rings. The van der Waals surface area contributed by atoms with Gasteiger partial charge in [0.15, 0.2) is 0 Å². The zero-order valence-corrected chi connectivity index (χ0v) is 10.2. The molecular weight excluding hydrogens is 246 g/mol. The number of rotatable bonds is 4. The Morgan fingerprint density at radius 1 is 1.46 bits per heavy atom. The largest absolute Gasteiger partial charge is 0.385 e. The highest BCUT2D eigenvalue weighted by Crippen LogP contribution is 2.20. The molecule has 0 saturated heterocycles. The first-order valence-electron chi connectivity index (χ1n) is 4.35. The first kappa shape index (κ1) is 10.9. The van der Waals surface area contributed by atoms with Crippen LogP contribution in [0.25, 0.3) is 0 Å². The molecule has 0 unspecified atom stereocenters. The predicted molar refractivity (Wildman–Crippen MR) is 65.8 cm³/mol. The van der Waals surface area contributed by atoms with Gasteiger partial charge in [-0.05, 0) is 36.8 Å². The molecule has 1 nitrogen and oxygen atoms in total. The van der Waals surface area contributed by atoms with E-state index >= 15 is 0 Å². The Balaban J connectivity index is 2.59. The maximum atomic E-state index is 4.16. The second-order valence-electron chi connectivity index (χ2n) is 2.96. The second kappa shape index (κ2) is 5.55. The van der Waals surface area contributed by atoms with Crippen molar-refractivity contribution in [2.75, 3.05) is 17.6 Å². The average Bonchev–Trinajstić information content (AvgIpc) is 2.11. The van der Waals surface area contributed by atoms with Gasteiger partial charge in [0.1, 0.15) is 0 Å². The van der Waals surface area contributed by atoms with E-state index in [1.165, 1.54) is 11.3 Å². The lowest BCUT2D eigenvalue weighted by atomic mass is 10.2. The van der Waals surface area contributed by atoms with Crippen LogP contribution in [0, 0.1) is 6.92 Å². The van der Waals surface area contributed by atoms with Crippen LogP contribution in [0.3, 0.4) is 0 Å². The van der Waals surface area contributed by atoms with E-state index in [1.54, 1.807) is 0 Å². The maximum Gasteiger partial charge on any atom is 0.0381 e. The van der Waals surface area contributed by atoms with Gasteiger partial charge in [-0.1, -0.05) is 22.0 Å². The average molecular weight is 260 g/mol. The zero-order valence-electron chi connectivity index (χ0n) is 7.68. The molecule has 3 heteroatoms. The van der Waals surface area contributed by atoms with E-state index in [0.717, 1.165) is 23.2 Å². The van der Waals surface area contributed by atoms with Gasteiger partial charge in [-0.3, -0.25) is 0 Å². The molecule has 0 atom stereocenters. The molecule has 0 amide bonds. The smallest absolute Gasteiger partial charge is 0.0381 e. The fourth-order valence-corrected chi connectivity index (χ4v) is 1.61. The highest BCUT2D eigenvalue weighted by Gasteiger charge is 1.97. The summed E-state index contributed by atoms with van der Waals surface area (Å²) in [4.78, 5) is 0. The molecule has 1 aromatic carbocycles. The number of aryl methyl sites for hydroxylation is 1. The maximum absolute atomic E-state index is 4.16. The number of benzene rings is 1.